The van der Waals surface area contributed by atoms with E-state index in [-0.39, 0.29) is 5.91 Å². The Balaban J connectivity index is 2.19. The average Bonchev–Trinajstić information content (AvgIpc) is 2.71. The van der Waals surface area contributed by atoms with E-state index in [0.717, 1.165) is 28.6 Å². The Morgan fingerprint density at radius 2 is 2.24 bits per heavy atom. The second-order valence-corrected chi connectivity index (χ2v) is 3.95. The van der Waals surface area contributed by atoms with Crippen LogP contribution in [0.5, 0.6) is 0 Å². The SMILES string of the molecule is CNc1ccc2occ(CCNC(C)=O)c2c1. The number of hydrogen-bond acceptors (Lipinski definition) is 3. The smallest absolute Gasteiger partial charge is 0.216 e. The van der Waals surface area contributed by atoms with Crippen molar-refractivity contribution in [3.05, 3.63) is 30.0 Å². The van der Waals surface area contributed by atoms with Gasteiger partial charge in [-0.15, -0.1) is 0 Å². The summed E-state index contributed by atoms with van der Waals surface area (Å²) in [5.41, 5.74) is 3.05. The van der Waals surface area contributed by atoms with E-state index in [0.29, 0.717) is 6.54 Å². The average molecular weight is 232 g/mol. The minimum absolute atomic E-state index is 0.00582. The number of hydrogen-bond donors (Lipinski definition) is 2. The highest BCUT2D eigenvalue weighted by Crippen LogP contribution is 2.24. The van der Waals surface area contributed by atoms with Gasteiger partial charge >= 0.3 is 0 Å². The molecule has 1 amide bonds. The summed E-state index contributed by atoms with van der Waals surface area (Å²) in [5, 5.41) is 6.98. The number of fused-ring (bicyclic) bond motifs is 1. The summed E-state index contributed by atoms with van der Waals surface area (Å²) >= 11 is 0. The van der Waals surface area contributed by atoms with Crippen molar-refractivity contribution >= 4 is 22.6 Å². The van der Waals surface area contributed by atoms with Crippen LogP contribution >= 0.6 is 0 Å². The molecule has 17 heavy (non-hydrogen) atoms. The maximum absolute atomic E-state index is 10.8. The molecule has 4 heteroatoms. The highest BCUT2D eigenvalue weighted by Gasteiger charge is 2.06. The van der Waals surface area contributed by atoms with Gasteiger partial charge in [0, 0.05) is 37.2 Å². The quantitative estimate of drug-likeness (QED) is 0.849. The predicted octanol–water partition coefficient (Wildman–Crippen LogP) is 2.15. The number of amides is 1. The second kappa shape index (κ2) is 4.91. The molecule has 2 aromatic rings. The standard InChI is InChI=1S/C13H16N2O2/c1-9(16)15-6-5-10-8-17-13-4-3-11(14-2)7-12(10)13/h3-4,7-8,14H,5-6H2,1-2H3,(H,15,16). The number of carbonyl (C=O) groups is 1. The summed E-state index contributed by atoms with van der Waals surface area (Å²) in [6.07, 6.45) is 2.53. The summed E-state index contributed by atoms with van der Waals surface area (Å²) in [7, 11) is 1.89. The molecule has 4 nitrogen and oxygen atoms in total. The van der Waals surface area contributed by atoms with E-state index in [4.69, 9.17) is 4.42 Å². The number of carbonyl (C=O) groups excluding carboxylic acids is 1. The van der Waals surface area contributed by atoms with Crippen molar-refractivity contribution in [2.45, 2.75) is 13.3 Å². The minimum Gasteiger partial charge on any atom is -0.464 e. The van der Waals surface area contributed by atoms with Crippen molar-refractivity contribution in [2.24, 2.45) is 0 Å². The number of furan rings is 1. The van der Waals surface area contributed by atoms with E-state index in [2.05, 4.69) is 16.7 Å². The maximum Gasteiger partial charge on any atom is 0.216 e. The predicted molar refractivity (Wildman–Crippen MR) is 68.1 cm³/mol. The molecule has 1 aromatic heterocycles. The molecule has 0 spiro atoms. The van der Waals surface area contributed by atoms with Gasteiger partial charge in [-0.3, -0.25) is 4.79 Å². The molecule has 0 saturated carbocycles. The van der Waals surface area contributed by atoms with Crippen molar-refractivity contribution in [1.29, 1.82) is 0 Å². The molecule has 1 aromatic carbocycles. The van der Waals surface area contributed by atoms with Gasteiger partial charge in [-0.25, -0.2) is 0 Å². The number of nitrogens with one attached hydrogen (secondary N) is 2. The normalized spacial score (nSPS) is 10.5. The first-order valence-corrected chi connectivity index (χ1v) is 5.63. The third-order valence-electron chi connectivity index (χ3n) is 2.71. The van der Waals surface area contributed by atoms with Crippen molar-refractivity contribution in [1.82, 2.24) is 5.32 Å². The molecule has 1 heterocycles. The molecule has 0 aliphatic heterocycles. The lowest BCUT2D eigenvalue weighted by Gasteiger charge is -2.02. The highest BCUT2D eigenvalue weighted by molar-refractivity contribution is 5.84. The van der Waals surface area contributed by atoms with Gasteiger partial charge in [0.15, 0.2) is 0 Å². The molecule has 0 bridgehead atoms. The monoisotopic (exact) mass is 232 g/mol. The first-order valence-electron chi connectivity index (χ1n) is 5.63. The summed E-state index contributed by atoms with van der Waals surface area (Å²) in [6.45, 7) is 2.15. The zero-order chi connectivity index (χ0) is 12.3. The Morgan fingerprint density at radius 3 is 2.94 bits per heavy atom. The molecule has 0 aliphatic rings. The summed E-state index contributed by atoms with van der Waals surface area (Å²) in [6, 6.07) is 5.98. The molecule has 0 aliphatic carbocycles. The topological polar surface area (TPSA) is 54.3 Å². The zero-order valence-electron chi connectivity index (χ0n) is 10.0. The Hall–Kier alpha value is -1.97. The van der Waals surface area contributed by atoms with Gasteiger partial charge in [0.25, 0.3) is 0 Å². The molecule has 0 fully saturated rings. The van der Waals surface area contributed by atoms with E-state index < -0.39 is 0 Å². The fourth-order valence-corrected chi connectivity index (χ4v) is 1.80. The summed E-state index contributed by atoms with van der Waals surface area (Å²) in [4.78, 5) is 10.8. The van der Waals surface area contributed by atoms with E-state index in [9.17, 15) is 4.79 Å². The Kier molecular flexibility index (Phi) is 3.32. The van der Waals surface area contributed by atoms with E-state index in [1.54, 1.807) is 6.26 Å². The van der Waals surface area contributed by atoms with Gasteiger partial charge in [-0.2, -0.15) is 0 Å². The van der Waals surface area contributed by atoms with Gasteiger partial charge in [0.2, 0.25) is 5.91 Å². The molecule has 2 rings (SSSR count). The van der Waals surface area contributed by atoms with E-state index in [1.165, 1.54) is 6.92 Å². The molecule has 0 atom stereocenters. The van der Waals surface area contributed by atoms with Crippen LogP contribution in [0.25, 0.3) is 11.0 Å². The number of benzene rings is 1. The highest BCUT2D eigenvalue weighted by atomic mass is 16.3. The maximum atomic E-state index is 10.8. The van der Waals surface area contributed by atoms with Crippen molar-refractivity contribution in [2.75, 3.05) is 18.9 Å². The molecule has 0 saturated heterocycles. The van der Waals surface area contributed by atoms with Gasteiger partial charge < -0.3 is 15.1 Å². The van der Waals surface area contributed by atoms with Crippen LogP contribution in [-0.2, 0) is 11.2 Å². The Morgan fingerprint density at radius 1 is 1.41 bits per heavy atom. The Bertz CT molecular complexity index is 531. The molecule has 90 valence electrons. The summed E-state index contributed by atoms with van der Waals surface area (Å²) < 4.78 is 5.47. The van der Waals surface area contributed by atoms with Crippen LogP contribution in [0, 0.1) is 0 Å². The van der Waals surface area contributed by atoms with Crippen LogP contribution in [0.3, 0.4) is 0 Å². The lowest BCUT2D eigenvalue weighted by atomic mass is 10.1. The van der Waals surface area contributed by atoms with Crippen LogP contribution in [0.15, 0.2) is 28.9 Å². The lowest BCUT2D eigenvalue weighted by Crippen LogP contribution is -2.22. The van der Waals surface area contributed by atoms with Crippen LogP contribution in [-0.4, -0.2) is 19.5 Å². The number of anilines is 1. The van der Waals surface area contributed by atoms with Crippen molar-refractivity contribution in [3.8, 4) is 0 Å². The van der Waals surface area contributed by atoms with Crippen LogP contribution in [0.1, 0.15) is 12.5 Å². The third kappa shape index (κ3) is 2.58. The first kappa shape index (κ1) is 11.5. The molecular weight excluding hydrogens is 216 g/mol. The number of rotatable bonds is 4. The van der Waals surface area contributed by atoms with Gasteiger partial charge in [0.05, 0.1) is 6.26 Å². The lowest BCUT2D eigenvalue weighted by molar-refractivity contribution is -0.118. The Labute approximate surface area is 100.0 Å². The van der Waals surface area contributed by atoms with Crippen LogP contribution in [0.4, 0.5) is 5.69 Å². The van der Waals surface area contributed by atoms with E-state index in [1.807, 2.05) is 19.2 Å². The molecular formula is C13H16N2O2. The molecule has 2 N–H and O–H groups in total. The van der Waals surface area contributed by atoms with E-state index >= 15 is 0 Å². The van der Waals surface area contributed by atoms with Crippen molar-refractivity contribution in [3.63, 3.8) is 0 Å². The molecule has 0 radical (unpaired) electrons. The first-order chi connectivity index (χ1) is 8.20. The largest absolute Gasteiger partial charge is 0.464 e. The minimum atomic E-state index is -0.00582. The van der Waals surface area contributed by atoms with Gasteiger partial charge in [-0.05, 0) is 24.6 Å². The molecule has 0 unspecified atom stereocenters. The van der Waals surface area contributed by atoms with Crippen LogP contribution in [0.2, 0.25) is 0 Å². The van der Waals surface area contributed by atoms with Gasteiger partial charge in [0.1, 0.15) is 5.58 Å². The summed E-state index contributed by atoms with van der Waals surface area (Å²) in [5.74, 6) is -0.00582. The zero-order valence-corrected chi connectivity index (χ0v) is 10.0. The fraction of sp³-hybridized carbons (Fsp3) is 0.308. The second-order valence-electron chi connectivity index (χ2n) is 3.95. The van der Waals surface area contributed by atoms with Gasteiger partial charge in [-0.1, -0.05) is 0 Å². The fourth-order valence-electron chi connectivity index (χ4n) is 1.80. The van der Waals surface area contributed by atoms with Crippen molar-refractivity contribution < 1.29 is 9.21 Å². The third-order valence-corrected chi connectivity index (χ3v) is 2.71. The van der Waals surface area contributed by atoms with Crippen LogP contribution < -0.4 is 10.6 Å².